The molecule has 96 valence electrons. The van der Waals surface area contributed by atoms with E-state index in [-0.39, 0.29) is 5.92 Å². The number of esters is 1. The fourth-order valence-corrected chi connectivity index (χ4v) is 2.41. The van der Waals surface area contributed by atoms with Gasteiger partial charge in [-0.05, 0) is 17.9 Å². The van der Waals surface area contributed by atoms with Crippen molar-refractivity contribution in [3.05, 3.63) is 12.2 Å². The lowest BCUT2D eigenvalue weighted by Gasteiger charge is -2.38. The Kier molecular flexibility index (Phi) is 3.48. The summed E-state index contributed by atoms with van der Waals surface area (Å²) in [6.45, 7) is 10.3. The molecule has 1 aliphatic carbocycles. The van der Waals surface area contributed by atoms with Crippen molar-refractivity contribution in [3.8, 4) is 0 Å². The Morgan fingerprint density at radius 2 is 2.06 bits per heavy atom. The summed E-state index contributed by atoms with van der Waals surface area (Å²) in [6, 6.07) is 0. The van der Waals surface area contributed by atoms with Gasteiger partial charge in [0.25, 0.3) is 0 Å². The van der Waals surface area contributed by atoms with E-state index in [2.05, 4.69) is 11.3 Å². The third kappa shape index (κ3) is 2.02. The van der Waals surface area contributed by atoms with Gasteiger partial charge in [-0.2, -0.15) is 0 Å². The lowest BCUT2D eigenvalue weighted by molar-refractivity contribution is -0.156. The van der Waals surface area contributed by atoms with Crippen LogP contribution in [0.1, 0.15) is 34.1 Å². The minimum Gasteiger partial charge on any atom is -0.458 e. The molecule has 1 fully saturated rings. The summed E-state index contributed by atoms with van der Waals surface area (Å²) in [5.41, 5.74) is -1.68. The number of ether oxygens (including phenoxy) is 1. The molecule has 1 rings (SSSR count). The topological polar surface area (TPSA) is 63.6 Å². The lowest BCUT2D eigenvalue weighted by atomic mass is 9.70. The van der Waals surface area contributed by atoms with Gasteiger partial charge in [0.1, 0.15) is 0 Å². The molecule has 0 aromatic carbocycles. The molecule has 0 aliphatic heterocycles. The zero-order valence-corrected chi connectivity index (χ0v) is 10.9. The van der Waals surface area contributed by atoms with Crippen molar-refractivity contribution >= 4 is 11.8 Å². The highest BCUT2D eigenvalue weighted by atomic mass is 16.5. The Hall–Kier alpha value is -1.16. The van der Waals surface area contributed by atoms with Gasteiger partial charge in [-0.3, -0.25) is 9.59 Å². The Balaban J connectivity index is 2.96. The SMILES string of the molecule is C=C1CC(C)C(C)(C)[C@@]1(O)C(=O)COC(C)=O. The van der Waals surface area contributed by atoms with E-state index in [4.69, 9.17) is 0 Å². The summed E-state index contributed by atoms with van der Waals surface area (Å²) in [7, 11) is 0. The molecule has 0 amide bonds. The Labute approximate surface area is 102 Å². The molecular weight excluding hydrogens is 220 g/mol. The maximum absolute atomic E-state index is 12.1. The predicted molar refractivity (Wildman–Crippen MR) is 63.3 cm³/mol. The van der Waals surface area contributed by atoms with Crippen LogP contribution in [0.5, 0.6) is 0 Å². The molecule has 4 heteroatoms. The second-order valence-corrected chi connectivity index (χ2v) is 5.34. The summed E-state index contributed by atoms with van der Waals surface area (Å²) >= 11 is 0. The monoisotopic (exact) mass is 240 g/mol. The molecule has 0 heterocycles. The van der Waals surface area contributed by atoms with Crippen LogP contribution in [0.3, 0.4) is 0 Å². The first-order chi connectivity index (χ1) is 7.64. The van der Waals surface area contributed by atoms with Gasteiger partial charge >= 0.3 is 5.97 Å². The summed E-state index contributed by atoms with van der Waals surface area (Å²) < 4.78 is 4.67. The van der Waals surface area contributed by atoms with E-state index in [9.17, 15) is 14.7 Å². The Morgan fingerprint density at radius 3 is 2.41 bits per heavy atom. The van der Waals surface area contributed by atoms with E-state index in [1.807, 2.05) is 20.8 Å². The minimum absolute atomic E-state index is 0.154. The lowest BCUT2D eigenvalue weighted by Crippen LogP contribution is -2.51. The van der Waals surface area contributed by atoms with E-state index in [1.54, 1.807) is 0 Å². The van der Waals surface area contributed by atoms with Crippen LogP contribution in [0, 0.1) is 11.3 Å². The quantitative estimate of drug-likeness (QED) is 0.599. The van der Waals surface area contributed by atoms with Crippen LogP contribution in [-0.2, 0) is 14.3 Å². The highest BCUT2D eigenvalue weighted by Gasteiger charge is 2.58. The highest BCUT2D eigenvalue weighted by molar-refractivity contribution is 5.94. The smallest absolute Gasteiger partial charge is 0.303 e. The number of aliphatic hydroxyl groups is 1. The van der Waals surface area contributed by atoms with Gasteiger partial charge in [0.2, 0.25) is 5.78 Å². The fraction of sp³-hybridized carbons (Fsp3) is 0.692. The number of ketones is 1. The van der Waals surface area contributed by atoms with E-state index >= 15 is 0 Å². The van der Waals surface area contributed by atoms with Crippen molar-refractivity contribution in [2.75, 3.05) is 6.61 Å². The van der Waals surface area contributed by atoms with Crippen molar-refractivity contribution in [1.82, 2.24) is 0 Å². The molecule has 0 spiro atoms. The van der Waals surface area contributed by atoms with Crippen LogP contribution >= 0.6 is 0 Å². The molecule has 1 unspecified atom stereocenters. The van der Waals surface area contributed by atoms with Crippen LogP contribution in [-0.4, -0.2) is 29.1 Å². The van der Waals surface area contributed by atoms with Gasteiger partial charge in [-0.15, -0.1) is 0 Å². The van der Waals surface area contributed by atoms with E-state index in [1.165, 1.54) is 6.92 Å². The van der Waals surface area contributed by atoms with Crippen LogP contribution < -0.4 is 0 Å². The van der Waals surface area contributed by atoms with Crippen molar-refractivity contribution < 1.29 is 19.4 Å². The van der Waals surface area contributed by atoms with Gasteiger partial charge in [0.15, 0.2) is 12.2 Å². The Bertz CT molecular complexity index is 370. The summed E-state index contributed by atoms with van der Waals surface area (Å²) in [6.07, 6.45) is 0.606. The number of carbonyl (C=O) groups is 2. The third-order valence-electron chi connectivity index (χ3n) is 4.04. The van der Waals surface area contributed by atoms with Crippen LogP contribution in [0.2, 0.25) is 0 Å². The zero-order valence-electron chi connectivity index (χ0n) is 10.9. The third-order valence-corrected chi connectivity index (χ3v) is 4.04. The van der Waals surface area contributed by atoms with Gasteiger partial charge < -0.3 is 9.84 Å². The molecule has 0 radical (unpaired) electrons. The fourth-order valence-electron chi connectivity index (χ4n) is 2.41. The van der Waals surface area contributed by atoms with Crippen molar-refractivity contribution in [1.29, 1.82) is 0 Å². The molecule has 0 bridgehead atoms. The maximum Gasteiger partial charge on any atom is 0.303 e. The number of rotatable bonds is 3. The molecule has 17 heavy (non-hydrogen) atoms. The van der Waals surface area contributed by atoms with Crippen LogP contribution in [0.25, 0.3) is 0 Å². The van der Waals surface area contributed by atoms with E-state index in [0.29, 0.717) is 12.0 Å². The number of Topliss-reactive ketones (excluding diaryl/α,β-unsaturated/α-hetero) is 1. The second kappa shape index (κ2) is 4.26. The standard InChI is InChI=1S/C13H20O4/c1-8-6-9(2)13(16,12(8,4)5)11(15)7-17-10(3)14/h8,16H,2,6-7H2,1,3-5H3/t8?,13-/m0/s1. The van der Waals surface area contributed by atoms with Gasteiger partial charge in [0.05, 0.1) is 0 Å². The second-order valence-electron chi connectivity index (χ2n) is 5.34. The number of hydrogen-bond acceptors (Lipinski definition) is 4. The predicted octanol–water partition coefficient (Wildman–Crippen LogP) is 1.47. The van der Waals surface area contributed by atoms with E-state index in [0.717, 1.165) is 0 Å². The molecule has 0 aromatic heterocycles. The number of carbonyl (C=O) groups excluding carboxylic acids is 2. The number of hydrogen-bond donors (Lipinski definition) is 1. The molecule has 1 saturated carbocycles. The summed E-state index contributed by atoms with van der Waals surface area (Å²) in [5, 5.41) is 10.6. The normalized spacial score (nSPS) is 31.4. The highest BCUT2D eigenvalue weighted by Crippen LogP contribution is 2.52. The minimum atomic E-state index is -1.60. The maximum atomic E-state index is 12.1. The van der Waals surface area contributed by atoms with Crippen molar-refractivity contribution in [2.45, 2.75) is 39.7 Å². The molecule has 1 N–H and O–H groups in total. The van der Waals surface area contributed by atoms with Crippen LogP contribution in [0.15, 0.2) is 12.2 Å². The first kappa shape index (κ1) is 13.9. The summed E-state index contributed by atoms with van der Waals surface area (Å²) in [4.78, 5) is 22.8. The molecule has 1 aliphatic rings. The molecule has 0 aromatic rings. The van der Waals surface area contributed by atoms with E-state index < -0.39 is 29.4 Å². The molecule has 0 saturated heterocycles. The van der Waals surface area contributed by atoms with Gasteiger partial charge in [-0.25, -0.2) is 0 Å². The first-order valence-corrected chi connectivity index (χ1v) is 5.71. The summed E-state index contributed by atoms with van der Waals surface area (Å²) in [5.74, 6) is -0.871. The first-order valence-electron chi connectivity index (χ1n) is 5.71. The van der Waals surface area contributed by atoms with Crippen molar-refractivity contribution in [3.63, 3.8) is 0 Å². The zero-order chi connectivity index (χ0) is 13.4. The van der Waals surface area contributed by atoms with Crippen LogP contribution in [0.4, 0.5) is 0 Å². The molecule has 4 nitrogen and oxygen atoms in total. The van der Waals surface area contributed by atoms with Gasteiger partial charge in [-0.1, -0.05) is 27.4 Å². The largest absolute Gasteiger partial charge is 0.458 e. The molecule has 2 atom stereocenters. The van der Waals surface area contributed by atoms with Gasteiger partial charge in [0, 0.05) is 12.3 Å². The average molecular weight is 240 g/mol. The van der Waals surface area contributed by atoms with Crippen molar-refractivity contribution in [2.24, 2.45) is 11.3 Å². The average Bonchev–Trinajstić information content (AvgIpc) is 2.37. The Morgan fingerprint density at radius 1 is 1.53 bits per heavy atom. The molecular formula is C13H20O4.